The number of alkyl halides is 3. The molecule has 3 nitrogen and oxygen atoms in total. The number of benzene rings is 1. The summed E-state index contributed by atoms with van der Waals surface area (Å²) in [5.41, 5.74) is -1.27. The lowest BCUT2D eigenvalue weighted by molar-refractivity contribution is -0.137. The van der Waals surface area contributed by atoms with E-state index in [9.17, 15) is 18.0 Å². The molecule has 1 heterocycles. The van der Waals surface area contributed by atoms with Crippen LogP contribution in [0, 0.1) is 11.3 Å². The van der Waals surface area contributed by atoms with Crippen LogP contribution in [0.4, 0.5) is 13.2 Å². The average molecular weight is 252 g/mol. The molecule has 0 N–H and O–H groups in total. The summed E-state index contributed by atoms with van der Waals surface area (Å²) in [6.45, 7) is -0.129. The number of fused-ring (bicyclic) bond motifs is 1. The topological polar surface area (TPSA) is 45.8 Å². The highest BCUT2D eigenvalue weighted by Crippen LogP contribution is 2.30. The van der Waals surface area contributed by atoms with Crippen molar-refractivity contribution in [3.63, 3.8) is 0 Å². The molecule has 0 atom stereocenters. The predicted octanol–water partition coefficient (Wildman–Crippen LogP) is 2.54. The summed E-state index contributed by atoms with van der Waals surface area (Å²) >= 11 is 0. The number of nitriles is 1. The fourth-order valence-electron chi connectivity index (χ4n) is 1.67. The molecule has 0 bridgehead atoms. The molecule has 0 saturated heterocycles. The molecule has 0 aliphatic carbocycles. The first-order valence-corrected chi connectivity index (χ1v) is 5.01. The van der Waals surface area contributed by atoms with Crippen molar-refractivity contribution in [3.05, 3.63) is 46.4 Å². The Kier molecular flexibility index (Phi) is 2.83. The quantitative estimate of drug-likeness (QED) is 0.782. The van der Waals surface area contributed by atoms with E-state index < -0.39 is 17.3 Å². The van der Waals surface area contributed by atoms with Gasteiger partial charge in [0.25, 0.3) is 5.56 Å². The smallest absolute Gasteiger partial charge is 0.301 e. The van der Waals surface area contributed by atoms with Gasteiger partial charge in [-0.3, -0.25) is 4.79 Å². The number of hydrogen-bond donors (Lipinski definition) is 0. The molecular formula is C12H7F3N2O. The summed E-state index contributed by atoms with van der Waals surface area (Å²) in [7, 11) is 0. The lowest BCUT2D eigenvalue weighted by atomic mass is 10.1. The monoisotopic (exact) mass is 252 g/mol. The second-order valence-electron chi connectivity index (χ2n) is 3.71. The minimum atomic E-state index is -4.43. The van der Waals surface area contributed by atoms with Crippen molar-refractivity contribution in [2.45, 2.75) is 12.7 Å². The van der Waals surface area contributed by atoms with E-state index in [0.29, 0.717) is 0 Å². The Balaban J connectivity index is 2.66. The van der Waals surface area contributed by atoms with Crippen molar-refractivity contribution in [2.24, 2.45) is 0 Å². The molecule has 92 valence electrons. The maximum Gasteiger partial charge on any atom is 0.416 e. The second-order valence-corrected chi connectivity index (χ2v) is 3.71. The van der Waals surface area contributed by atoms with Gasteiger partial charge in [0, 0.05) is 11.6 Å². The van der Waals surface area contributed by atoms with Crippen molar-refractivity contribution in [2.75, 3.05) is 0 Å². The maximum atomic E-state index is 12.5. The predicted molar refractivity (Wildman–Crippen MR) is 58.8 cm³/mol. The molecule has 1 aromatic carbocycles. The van der Waals surface area contributed by atoms with Gasteiger partial charge in [-0.2, -0.15) is 18.4 Å². The van der Waals surface area contributed by atoms with Crippen LogP contribution in [0.3, 0.4) is 0 Å². The number of halogens is 3. The van der Waals surface area contributed by atoms with Crippen LogP contribution >= 0.6 is 0 Å². The average Bonchev–Trinajstić information content (AvgIpc) is 2.31. The van der Waals surface area contributed by atoms with Gasteiger partial charge in [0.05, 0.1) is 11.6 Å². The van der Waals surface area contributed by atoms with Gasteiger partial charge in [0.2, 0.25) is 0 Å². The normalized spacial score (nSPS) is 11.4. The Morgan fingerprint density at radius 1 is 1.28 bits per heavy atom. The van der Waals surface area contributed by atoms with Gasteiger partial charge in [0.1, 0.15) is 6.54 Å². The van der Waals surface area contributed by atoms with E-state index in [1.807, 2.05) is 6.07 Å². The summed E-state index contributed by atoms with van der Waals surface area (Å²) in [6.07, 6.45) is -3.12. The van der Waals surface area contributed by atoms with E-state index in [1.165, 1.54) is 12.3 Å². The zero-order chi connectivity index (χ0) is 13.3. The van der Waals surface area contributed by atoms with Gasteiger partial charge in [0.15, 0.2) is 0 Å². The minimum absolute atomic E-state index is 0.129. The molecule has 6 heteroatoms. The van der Waals surface area contributed by atoms with Gasteiger partial charge >= 0.3 is 6.18 Å². The molecule has 0 amide bonds. The molecule has 0 unspecified atom stereocenters. The lowest BCUT2D eigenvalue weighted by Gasteiger charge is -2.08. The van der Waals surface area contributed by atoms with Crippen LogP contribution < -0.4 is 5.56 Å². The highest BCUT2D eigenvalue weighted by molar-refractivity contribution is 5.82. The summed E-state index contributed by atoms with van der Waals surface area (Å²) in [6, 6.07) is 6.12. The van der Waals surface area contributed by atoms with Crippen molar-refractivity contribution in [1.29, 1.82) is 5.26 Å². The summed E-state index contributed by atoms with van der Waals surface area (Å²) < 4.78 is 38.6. The van der Waals surface area contributed by atoms with E-state index in [2.05, 4.69) is 0 Å². The molecule has 0 saturated carbocycles. The maximum absolute atomic E-state index is 12.5. The highest BCUT2D eigenvalue weighted by atomic mass is 19.4. The van der Waals surface area contributed by atoms with Gasteiger partial charge in [-0.15, -0.1) is 0 Å². The third-order valence-corrected chi connectivity index (χ3v) is 2.55. The Morgan fingerprint density at radius 3 is 2.61 bits per heavy atom. The minimum Gasteiger partial charge on any atom is -0.301 e. The molecule has 18 heavy (non-hydrogen) atoms. The summed E-state index contributed by atoms with van der Waals surface area (Å²) in [5, 5.41) is 8.89. The van der Waals surface area contributed by atoms with E-state index in [1.54, 1.807) is 0 Å². The van der Waals surface area contributed by atoms with Crippen LogP contribution in [-0.2, 0) is 12.7 Å². The van der Waals surface area contributed by atoms with E-state index in [-0.39, 0.29) is 17.3 Å². The molecule has 1 aromatic heterocycles. The van der Waals surface area contributed by atoms with Gasteiger partial charge in [-0.1, -0.05) is 0 Å². The van der Waals surface area contributed by atoms with Crippen LogP contribution in [-0.4, -0.2) is 4.57 Å². The third kappa shape index (κ3) is 2.07. The zero-order valence-electron chi connectivity index (χ0n) is 9.03. The molecule has 0 aliphatic rings. The first-order chi connectivity index (χ1) is 8.43. The van der Waals surface area contributed by atoms with Crippen LogP contribution in [0.15, 0.2) is 35.3 Å². The number of aromatic nitrogens is 1. The van der Waals surface area contributed by atoms with Gasteiger partial charge in [-0.05, 0) is 29.7 Å². The Morgan fingerprint density at radius 2 is 2.00 bits per heavy atom. The largest absolute Gasteiger partial charge is 0.416 e. The zero-order valence-corrected chi connectivity index (χ0v) is 9.03. The van der Waals surface area contributed by atoms with Crippen LogP contribution in [0.2, 0.25) is 0 Å². The van der Waals surface area contributed by atoms with Gasteiger partial charge in [-0.25, -0.2) is 0 Å². The molecule has 0 aliphatic heterocycles. The van der Waals surface area contributed by atoms with Crippen LogP contribution in [0.1, 0.15) is 5.56 Å². The van der Waals surface area contributed by atoms with Crippen LogP contribution in [0.5, 0.6) is 0 Å². The summed E-state index contributed by atoms with van der Waals surface area (Å²) in [5.74, 6) is 0. The Bertz CT molecular complexity index is 695. The molecule has 0 fully saturated rings. The molecule has 0 spiro atoms. The van der Waals surface area contributed by atoms with Gasteiger partial charge < -0.3 is 4.57 Å². The second kappa shape index (κ2) is 4.18. The number of nitrogens with zero attached hydrogens (tertiary/aromatic N) is 2. The van der Waals surface area contributed by atoms with Crippen molar-refractivity contribution in [1.82, 2.24) is 4.57 Å². The number of pyridine rings is 1. The van der Waals surface area contributed by atoms with E-state index in [0.717, 1.165) is 22.8 Å². The SMILES string of the molecule is N#CCn1ccc2cc(C(F)(F)F)ccc2c1=O. The molecule has 2 aromatic rings. The fraction of sp³-hybridized carbons (Fsp3) is 0.167. The van der Waals surface area contributed by atoms with Crippen molar-refractivity contribution in [3.8, 4) is 6.07 Å². The van der Waals surface area contributed by atoms with E-state index in [4.69, 9.17) is 5.26 Å². The first-order valence-electron chi connectivity index (χ1n) is 5.01. The standard InChI is InChI=1S/C12H7F3N2O/c13-12(14,15)9-1-2-10-8(7-9)3-5-17(6-4-16)11(10)18/h1-3,5,7H,6H2. The number of rotatable bonds is 1. The summed E-state index contributed by atoms with van der Waals surface area (Å²) in [4.78, 5) is 11.8. The number of hydrogen-bond acceptors (Lipinski definition) is 2. The first kappa shape index (κ1) is 12.2. The molecular weight excluding hydrogens is 245 g/mol. The Labute approximate surface area is 99.7 Å². The fourth-order valence-corrected chi connectivity index (χ4v) is 1.67. The molecule has 0 radical (unpaired) electrons. The van der Waals surface area contributed by atoms with Crippen molar-refractivity contribution >= 4 is 10.8 Å². The Hall–Kier alpha value is -2.29. The third-order valence-electron chi connectivity index (χ3n) is 2.55. The lowest BCUT2D eigenvalue weighted by Crippen LogP contribution is -2.19. The van der Waals surface area contributed by atoms with Crippen LogP contribution in [0.25, 0.3) is 10.8 Å². The van der Waals surface area contributed by atoms with Crippen molar-refractivity contribution < 1.29 is 13.2 Å². The van der Waals surface area contributed by atoms with E-state index >= 15 is 0 Å². The molecule has 2 rings (SSSR count). The highest BCUT2D eigenvalue weighted by Gasteiger charge is 2.30.